The topological polar surface area (TPSA) is 29.3 Å². The Kier molecular flexibility index (Phi) is 3.64. The molecule has 0 amide bonds. The maximum absolute atomic E-state index is 12.3. The zero-order valence-electron chi connectivity index (χ0n) is 10.7. The highest BCUT2D eigenvalue weighted by Crippen LogP contribution is 2.38. The van der Waals surface area contributed by atoms with E-state index in [1.54, 1.807) is 6.21 Å². The Bertz CT molecular complexity index is 485. The second kappa shape index (κ2) is 4.90. The molecule has 0 bridgehead atoms. The molecule has 1 unspecified atom stereocenters. The summed E-state index contributed by atoms with van der Waals surface area (Å²) in [6.45, 7) is 4.07. The normalized spacial score (nSPS) is 23.5. The monoisotopic (exact) mass is 280 g/mol. The number of hydrogen-bond acceptors (Lipinski definition) is 3. The standard InChI is InChI=1S/C13H16N2OS2/c1-13(2)11(18-12(17)14(13)3)15(16)9-10-7-5-4-6-8-10/h4-9,11H,1-3H3/b15-9-. The number of hydroxylamine groups is 1. The van der Waals surface area contributed by atoms with Crippen LogP contribution in [0.2, 0.25) is 0 Å². The van der Waals surface area contributed by atoms with Gasteiger partial charge in [0.1, 0.15) is 9.86 Å². The van der Waals surface area contributed by atoms with Crippen LogP contribution in [-0.4, -0.2) is 38.1 Å². The van der Waals surface area contributed by atoms with E-state index in [1.807, 2.05) is 56.1 Å². The highest BCUT2D eigenvalue weighted by Gasteiger charge is 2.48. The molecule has 3 nitrogen and oxygen atoms in total. The van der Waals surface area contributed by atoms with Crippen LogP contribution in [0, 0.1) is 5.21 Å². The fourth-order valence-electron chi connectivity index (χ4n) is 1.84. The summed E-state index contributed by atoms with van der Waals surface area (Å²) in [7, 11) is 1.94. The zero-order chi connectivity index (χ0) is 13.3. The third-order valence-electron chi connectivity index (χ3n) is 3.26. The molecule has 0 saturated carbocycles. The van der Waals surface area contributed by atoms with Crippen LogP contribution in [0.15, 0.2) is 30.3 Å². The number of thiocarbonyl (C=S) groups is 1. The number of rotatable bonds is 2. The second-order valence-corrected chi connectivity index (χ2v) is 6.56. The molecule has 0 aromatic heterocycles. The van der Waals surface area contributed by atoms with Crippen molar-refractivity contribution in [2.45, 2.75) is 24.8 Å². The molecule has 1 aromatic carbocycles. The van der Waals surface area contributed by atoms with Gasteiger partial charge in [-0.2, -0.15) is 4.74 Å². The summed E-state index contributed by atoms with van der Waals surface area (Å²) in [5.41, 5.74) is 0.638. The summed E-state index contributed by atoms with van der Waals surface area (Å²) in [5.74, 6) is 0. The van der Waals surface area contributed by atoms with Crippen LogP contribution >= 0.6 is 24.0 Å². The van der Waals surface area contributed by atoms with E-state index in [0.29, 0.717) is 0 Å². The molecule has 5 heteroatoms. The molecule has 0 spiro atoms. The van der Waals surface area contributed by atoms with Gasteiger partial charge in [0.15, 0.2) is 6.21 Å². The molecule has 1 aliphatic rings. The molecule has 1 fully saturated rings. The predicted octanol–water partition coefficient (Wildman–Crippen LogP) is 2.68. The summed E-state index contributed by atoms with van der Waals surface area (Å²) < 4.78 is 1.78. The first kappa shape index (κ1) is 13.4. The average molecular weight is 280 g/mol. The lowest BCUT2D eigenvalue weighted by molar-refractivity contribution is -0.480. The van der Waals surface area contributed by atoms with Gasteiger partial charge in [-0.3, -0.25) is 0 Å². The van der Waals surface area contributed by atoms with Crippen LogP contribution in [-0.2, 0) is 0 Å². The van der Waals surface area contributed by atoms with Crippen LogP contribution < -0.4 is 0 Å². The molecule has 1 saturated heterocycles. The van der Waals surface area contributed by atoms with E-state index in [9.17, 15) is 5.21 Å². The van der Waals surface area contributed by atoms with E-state index in [-0.39, 0.29) is 10.9 Å². The SMILES string of the molecule is CN1C(=S)SC(/[N+]([O-])=C/c2ccccc2)C1(C)C. The lowest BCUT2D eigenvalue weighted by atomic mass is 10.0. The fraction of sp³-hybridized carbons (Fsp3) is 0.385. The van der Waals surface area contributed by atoms with Gasteiger partial charge in [-0.05, 0) is 37.7 Å². The van der Waals surface area contributed by atoms with Crippen molar-refractivity contribution in [1.82, 2.24) is 4.90 Å². The quantitative estimate of drug-likeness (QED) is 0.274. The van der Waals surface area contributed by atoms with Crippen molar-refractivity contribution in [1.29, 1.82) is 0 Å². The number of likely N-dealkylation sites (N-methyl/N-ethyl adjacent to an activating group) is 1. The third kappa shape index (κ3) is 2.37. The van der Waals surface area contributed by atoms with Crippen molar-refractivity contribution < 1.29 is 4.74 Å². The minimum atomic E-state index is -0.269. The Morgan fingerprint density at radius 2 is 2.00 bits per heavy atom. The second-order valence-electron chi connectivity index (χ2n) is 4.85. The molecular weight excluding hydrogens is 264 g/mol. The fourth-order valence-corrected chi connectivity index (χ4v) is 3.54. The van der Waals surface area contributed by atoms with Gasteiger partial charge in [-0.15, -0.1) is 0 Å². The number of nitrogens with zero attached hydrogens (tertiary/aromatic N) is 2. The number of benzene rings is 1. The Hall–Kier alpha value is -1.07. The van der Waals surface area contributed by atoms with Gasteiger partial charge in [-0.1, -0.05) is 30.4 Å². The third-order valence-corrected chi connectivity index (χ3v) is 5.31. The summed E-state index contributed by atoms with van der Waals surface area (Å²) in [5, 5.41) is 12.1. The molecule has 1 heterocycles. The largest absolute Gasteiger partial charge is 0.623 e. The Balaban J connectivity index is 2.27. The highest BCUT2D eigenvalue weighted by molar-refractivity contribution is 8.23. The molecule has 2 rings (SSSR count). The van der Waals surface area contributed by atoms with Gasteiger partial charge in [0.05, 0.1) is 0 Å². The maximum Gasteiger partial charge on any atom is 0.238 e. The van der Waals surface area contributed by atoms with Crippen LogP contribution in [0.1, 0.15) is 19.4 Å². The Morgan fingerprint density at radius 1 is 1.39 bits per heavy atom. The molecule has 96 valence electrons. The first-order valence-electron chi connectivity index (χ1n) is 5.73. The molecule has 0 aliphatic carbocycles. The Labute approximate surface area is 117 Å². The lowest BCUT2D eigenvalue weighted by Gasteiger charge is -2.30. The van der Waals surface area contributed by atoms with Crippen LogP contribution in [0.3, 0.4) is 0 Å². The zero-order valence-corrected chi connectivity index (χ0v) is 12.3. The smallest absolute Gasteiger partial charge is 0.238 e. The van der Waals surface area contributed by atoms with Gasteiger partial charge < -0.3 is 10.1 Å². The van der Waals surface area contributed by atoms with Crippen molar-refractivity contribution in [3.63, 3.8) is 0 Å². The van der Waals surface area contributed by atoms with Crippen LogP contribution in [0.25, 0.3) is 0 Å². The minimum absolute atomic E-state index is 0.213. The molecule has 1 aliphatic heterocycles. The van der Waals surface area contributed by atoms with E-state index in [4.69, 9.17) is 12.2 Å². The van der Waals surface area contributed by atoms with Gasteiger partial charge in [0.25, 0.3) is 0 Å². The maximum atomic E-state index is 12.3. The first-order valence-corrected chi connectivity index (χ1v) is 7.01. The van der Waals surface area contributed by atoms with Gasteiger partial charge in [0.2, 0.25) is 5.37 Å². The molecule has 1 aromatic rings. The van der Waals surface area contributed by atoms with Crippen molar-refractivity contribution in [3.8, 4) is 0 Å². The van der Waals surface area contributed by atoms with Crippen LogP contribution in [0.5, 0.6) is 0 Å². The highest BCUT2D eigenvalue weighted by atomic mass is 32.2. The van der Waals surface area contributed by atoms with E-state index in [1.165, 1.54) is 11.8 Å². The summed E-state index contributed by atoms with van der Waals surface area (Å²) >= 11 is 6.71. The van der Waals surface area contributed by atoms with E-state index in [0.717, 1.165) is 14.6 Å². The van der Waals surface area contributed by atoms with E-state index >= 15 is 0 Å². The summed E-state index contributed by atoms with van der Waals surface area (Å²) in [6, 6.07) is 9.61. The first-order chi connectivity index (χ1) is 8.43. The number of hydrogen-bond donors (Lipinski definition) is 0. The van der Waals surface area contributed by atoms with Crippen molar-refractivity contribution >= 4 is 34.5 Å². The van der Waals surface area contributed by atoms with Gasteiger partial charge in [-0.25, -0.2) is 0 Å². The van der Waals surface area contributed by atoms with Gasteiger partial charge in [0, 0.05) is 12.6 Å². The summed E-state index contributed by atoms with van der Waals surface area (Å²) in [4.78, 5) is 1.99. The van der Waals surface area contributed by atoms with Crippen molar-refractivity contribution in [2.75, 3.05) is 7.05 Å². The number of thioether (sulfide) groups is 1. The molecule has 18 heavy (non-hydrogen) atoms. The molecule has 0 radical (unpaired) electrons. The van der Waals surface area contributed by atoms with Crippen molar-refractivity contribution in [3.05, 3.63) is 41.1 Å². The Morgan fingerprint density at radius 3 is 2.50 bits per heavy atom. The molecular formula is C13H16N2OS2. The molecule has 1 atom stereocenters. The van der Waals surface area contributed by atoms with Crippen molar-refractivity contribution in [2.24, 2.45) is 0 Å². The minimum Gasteiger partial charge on any atom is -0.623 e. The van der Waals surface area contributed by atoms with Gasteiger partial charge >= 0.3 is 0 Å². The van der Waals surface area contributed by atoms with E-state index < -0.39 is 0 Å². The average Bonchev–Trinajstić information content (AvgIpc) is 2.54. The predicted molar refractivity (Wildman–Crippen MR) is 81.1 cm³/mol. The summed E-state index contributed by atoms with van der Waals surface area (Å²) in [6.07, 6.45) is 1.63. The van der Waals surface area contributed by atoms with Crippen LogP contribution in [0.4, 0.5) is 0 Å². The van der Waals surface area contributed by atoms with E-state index in [2.05, 4.69) is 0 Å². The molecule has 0 N–H and O–H groups in total. The lowest BCUT2D eigenvalue weighted by Crippen LogP contribution is -2.47.